The Labute approximate surface area is 129 Å². The predicted molar refractivity (Wildman–Crippen MR) is 81.2 cm³/mol. The molecule has 0 fully saturated rings. The van der Waals surface area contributed by atoms with Gasteiger partial charge in [0.1, 0.15) is 6.04 Å². The first kappa shape index (κ1) is 16.2. The number of urea groups is 1. The fourth-order valence-corrected chi connectivity index (χ4v) is 1.95. The monoisotopic (exact) mass is 391 g/mol. The van der Waals surface area contributed by atoms with E-state index in [0.717, 1.165) is 3.57 Å². The molecular formula is C12H14IN3O4. The summed E-state index contributed by atoms with van der Waals surface area (Å²) in [6.45, 7) is 0. The Kier molecular flexibility index (Phi) is 6.22. The Morgan fingerprint density at radius 3 is 2.50 bits per heavy atom. The predicted octanol–water partition coefficient (Wildman–Crippen LogP) is 1.13. The van der Waals surface area contributed by atoms with Crippen LogP contribution in [0.15, 0.2) is 24.3 Å². The highest BCUT2D eigenvalue weighted by molar-refractivity contribution is 14.1. The third-order valence-corrected chi connectivity index (χ3v) is 3.35. The second-order valence-electron chi connectivity index (χ2n) is 3.97. The van der Waals surface area contributed by atoms with Gasteiger partial charge in [-0.2, -0.15) is 0 Å². The van der Waals surface area contributed by atoms with Crippen molar-refractivity contribution >= 4 is 46.2 Å². The molecule has 8 heteroatoms. The number of hydrogen-bond acceptors (Lipinski definition) is 3. The Hall–Kier alpha value is -1.84. The number of benzene rings is 1. The number of carbonyl (C=O) groups is 3. The largest absolute Gasteiger partial charge is 0.480 e. The summed E-state index contributed by atoms with van der Waals surface area (Å²) in [5.74, 6) is -1.83. The lowest BCUT2D eigenvalue weighted by Crippen LogP contribution is -2.43. The molecule has 0 aliphatic heterocycles. The van der Waals surface area contributed by atoms with Crippen molar-refractivity contribution in [1.29, 1.82) is 0 Å². The number of hydrogen-bond donors (Lipinski definition) is 4. The van der Waals surface area contributed by atoms with E-state index >= 15 is 0 Å². The normalized spacial score (nSPS) is 11.4. The number of carboxylic acids is 1. The number of nitrogens with one attached hydrogen (secondary N) is 2. The van der Waals surface area contributed by atoms with Crippen molar-refractivity contribution in [3.63, 3.8) is 0 Å². The van der Waals surface area contributed by atoms with Crippen molar-refractivity contribution in [1.82, 2.24) is 5.32 Å². The van der Waals surface area contributed by atoms with Crippen LogP contribution in [0.25, 0.3) is 0 Å². The highest BCUT2D eigenvalue weighted by atomic mass is 127. The molecule has 0 radical (unpaired) electrons. The number of nitrogens with two attached hydrogens (primary N) is 1. The molecule has 0 saturated heterocycles. The highest BCUT2D eigenvalue weighted by Gasteiger charge is 2.20. The first-order valence-electron chi connectivity index (χ1n) is 5.73. The van der Waals surface area contributed by atoms with E-state index in [9.17, 15) is 14.4 Å². The second kappa shape index (κ2) is 7.68. The molecular weight excluding hydrogens is 377 g/mol. The zero-order valence-electron chi connectivity index (χ0n) is 10.4. The number of aliphatic carboxylic acids is 1. The number of amides is 3. The highest BCUT2D eigenvalue weighted by Crippen LogP contribution is 2.16. The van der Waals surface area contributed by atoms with Crippen LogP contribution in [0.4, 0.5) is 10.5 Å². The molecule has 1 atom stereocenters. The van der Waals surface area contributed by atoms with Crippen LogP contribution in [-0.4, -0.2) is 29.1 Å². The molecule has 0 aliphatic rings. The average molecular weight is 391 g/mol. The molecule has 3 amide bonds. The van der Waals surface area contributed by atoms with Crippen molar-refractivity contribution in [3.8, 4) is 0 Å². The van der Waals surface area contributed by atoms with Crippen molar-refractivity contribution < 1.29 is 19.5 Å². The van der Waals surface area contributed by atoms with E-state index in [1.54, 1.807) is 18.2 Å². The summed E-state index contributed by atoms with van der Waals surface area (Å²) in [5.41, 5.74) is 5.53. The van der Waals surface area contributed by atoms with Crippen LogP contribution in [0.3, 0.4) is 0 Å². The van der Waals surface area contributed by atoms with Gasteiger partial charge in [0, 0.05) is 9.99 Å². The number of halogens is 1. The molecule has 108 valence electrons. The number of anilines is 1. The van der Waals surface area contributed by atoms with Crippen LogP contribution in [-0.2, 0) is 9.59 Å². The smallest absolute Gasteiger partial charge is 0.326 e. The number of carboxylic acid groups (broad SMARTS) is 1. The Balaban J connectivity index is 2.60. The first-order valence-corrected chi connectivity index (χ1v) is 6.81. The fraction of sp³-hybridized carbons (Fsp3) is 0.250. The minimum atomic E-state index is -1.22. The average Bonchev–Trinajstić information content (AvgIpc) is 2.36. The topological polar surface area (TPSA) is 122 Å². The van der Waals surface area contributed by atoms with Gasteiger partial charge in [0.15, 0.2) is 0 Å². The minimum absolute atomic E-state index is 0.0516. The molecule has 0 aliphatic carbocycles. The number of rotatable bonds is 6. The molecule has 1 unspecified atom stereocenters. The molecule has 7 nitrogen and oxygen atoms in total. The third kappa shape index (κ3) is 5.43. The Morgan fingerprint density at radius 2 is 1.95 bits per heavy atom. The van der Waals surface area contributed by atoms with Gasteiger partial charge >= 0.3 is 12.0 Å². The maximum absolute atomic E-state index is 11.7. The second-order valence-corrected chi connectivity index (χ2v) is 5.14. The lowest BCUT2D eigenvalue weighted by Gasteiger charge is -2.15. The molecule has 0 bridgehead atoms. The minimum Gasteiger partial charge on any atom is -0.480 e. The lowest BCUT2D eigenvalue weighted by molar-refractivity contribution is -0.139. The van der Waals surface area contributed by atoms with Crippen LogP contribution < -0.4 is 16.4 Å². The van der Waals surface area contributed by atoms with Gasteiger partial charge in [-0.3, -0.25) is 4.79 Å². The molecule has 0 heterocycles. The van der Waals surface area contributed by atoms with Crippen molar-refractivity contribution in [2.24, 2.45) is 5.73 Å². The summed E-state index contributed by atoms with van der Waals surface area (Å²) < 4.78 is 0.823. The fourth-order valence-electron chi connectivity index (χ4n) is 1.42. The Morgan fingerprint density at radius 1 is 1.30 bits per heavy atom. The third-order valence-electron chi connectivity index (χ3n) is 2.40. The zero-order chi connectivity index (χ0) is 15.1. The van der Waals surface area contributed by atoms with Gasteiger partial charge in [-0.15, -0.1) is 0 Å². The van der Waals surface area contributed by atoms with E-state index in [2.05, 4.69) is 10.6 Å². The molecule has 1 aromatic carbocycles. The molecule has 0 aromatic heterocycles. The van der Waals surface area contributed by atoms with Crippen molar-refractivity contribution in [3.05, 3.63) is 27.8 Å². The van der Waals surface area contributed by atoms with Gasteiger partial charge < -0.3 is 21.5 Å². The molecule has 1 rings (SSSR count). The van der Waals surface area contributed by atoms with E-state index in [0.29, 0.717) is 5.69 Å². The summed E-state index contributed by atoms with van der Waals surface area (Å²) in [6, 6.07) is 5.25. The van der Waals surface area contributed by atoms with Crippen molar-refractivity contribution in [2.45, 2.75) is 18.9 Å². The standard InChI is InChI=1S/C12H14IN3O4/c13-7-3-1-2-4-8(7)15-12(20)16-9(11(18)19)5-6-10(14)17/h1-4,9H,5-6H2,(H2,14,17)(H,18,19)(H2,15,16,20). The number of para-hydroxylation sites is 1. The van der Waals surface area contributed by atoms with Gasteiger partial charge in [-0.05, 0) is 41.1 Å². The van der Waals surface area contributed by atoms with Crippen LogP contribution in [0.2, 0.25) is 0 Å². The summed E-state index contributed by atoms with van der Waals surface area (Å²) >= 11 is 2.05. The molecule has 1 aromatic rings. The molecule has 5 N–H and O–H groups in total. The molecule has 0 saturated carbocycles. The van der Waals surface area contributed by atoms with Gasteiger partial charge in [-0.25, -0.2) is 9.59 Å². The molecule has 0 spiro atoms. The lowest BCUT2D eigenvalue weighted by atomic mass is 10.1. The van der Waals surface area contributed by atoms with Crippen molar-refractivity contribution in [2.75, 3.05) is 5.32 Å². The van der Waals surface area contributed by atoms with Gasteiger partial charge in [0.25, 0.3) is 0 Å². The zero-order valence-corrected chi connectivity index (χ0v) is 12.6. The summed E-state index contributed by atoms with van der Waals surface area (Å²) in [6.07, 6.45) is -0.163. The van der Waals surface area contributed by atoms with Gasteiger partial charge in [-0.1, -0.05) is 12.1 Å². The van der Waals surface area contributed by atoms with E-state index < -0.39 is 23.9 Å². The van der Waals surface area contributed by atoms with E-state index in [-0.39, 0.29) is 12.8 Å². The number of carbonyl (C=O) groups excluding carboxylic acids is 2. The quantitative estimate of drug-likeness (QED) is 0.543. The van der Waals surface area contributed by atoms with E-state index in [1.165, 1.54) is 0 Å². The van der Waals surface area contributed by atoms with Gasteiger partial charge in [0.2, 0.25) is 5.91 Å². The number of primary amides is 1. The summed E-state index contributed by atoms with van der Waals surface area (Å²) in [7, 11) is 0. The van der Waals surface area contributed by atoms with E-state index in [1.807, 2.05) is 28.7 Å². The van der Waals surface area contributed by atoms with Crippen LogP contribution in [0.1, 0.15) is 12.8 Å². The molecule has 20 heavy (non-hydrogen) atoms. The van der Waals surface area contributed by atoms with Crippen LogP contribution in [0.5, 0.6) is 0 Å². The maximum atomic E-state index is 11.7. The van der Waals surface area contributed by atoms with E-state index in [4.69, 9.17) is 10.8 Å². The maximum Gasteiger partial charge on any atom is 0.326 e. The summed E-state index contributed by atoms with van der Waals surface area (Å²) in [4.78, 5) is 33.3. The van der Waals surface area contributed by atoms with Crippen LogP contribution >= 0.6 is 22.6 Å². The SMILES string of the molecule is NC(=O)CCC(NC(=O)Nc1ccccc1I)C(=O)O. The van der Waals surface area contributed by atoms with Gasteiger partial charge in [0.05, 0.1) is 5.69 Å². The Bertz CT molecular complexity index is 521. The van der Waals surface area contributed by atoms with Crippen LogP contribution in [0, 0.1) is 3.57 Å². The first-order chi connectivity index (χ1) is 9.40. The summed E-state index contributed by atoms with van der Waals surface area (Å²) in [5, 5.41) is 13.8.